The number of pyridine rings is 5. The molecular formula is C35H21N15. The van der Waals surface area contributed by atoms with E-state index in [1.807, 2.05) is 42.5 Å². The minimum atomic E-state index is 0.490. The summed E-state index contributed by atoms with van der Waals surface area (Å²) in [5.74, 6) is 1.97. The molecule has 10 heterocycles. The van der Waals surface area contributed by atoms with E-state index in [9.17, 15) is 0 Å². The summed E-state index contributed by atoms with van der Waals surface area (Å²) in [6, 6.07) is 13.0. The highest BCUT2D eigenvalue weighted by atomic mass is 15.0. The number of fused-ring (bicyclic) bond motifs is 5. The molecule has 10 aromatic heterocycles. The Balaban J connectivity index is 0.000000115. The van der Waals surface area contributed by atoms with E-state index in [4.69, 9.17) is 0 Å². The van der Waals surface area contributed by atoms with Crippen LogP contribution in [0.25, 0.3) is 78.1 Å². The molecule has 0 spiro atoms. The maximum Gasteiger partial charge on any atom is 0.198 e. The van der Waals surface area contributed by atoms with Crippen molar-refractivity contribution in [1.82, 2.24) is 74.8 Å². The van der Waals surface area contributed by atoms with Crippen molar-refractivity contribution in [2.45, 2.75) is 0 Å². The van der Waals surface area contributed by atoms with Gasteiger partial charge in [0.05, 0.1) is 46.2 Å². The molecule has 15 nitrogen and oxygen atoms in total. The van der Waals surface area contributed by atoms with Crippen LogP contribution in [0.4, 0.5) is 0 Å². The second-order valence-electron chi connectivity index (χ2n) is 10.4. The summed E-state index contributed by atoms with van der Waals surface area (Å²) in [5, 5.41) is 2.71. The van der Waals surface area contributed by atoms with Crippen LogP contribution in [0.15, 0.2) is 129 Å². The summed E-state index contributed by atoms with van der Waals surface area (Å²) in [6.07, 6.45) is 23.8. The monoisotopic (exact) mass is 651 g/mol. The maximum absolute atomic E-state index is 4.46. The zero-order valence-electron chi connectivity index (χ0n) is 25.8. The van der Waals surface area contributed by atoms with Gasteiger partial charge in [-0.1, -0.05) is 0 Å². The van der Waals surface area contributed by atoms with E-state index < -0.39 is 0 Å². The van der Waals surface area contributed by atoms with Gasteiger partial charge in [0, 0.05) is 78.1 Å². The molecule has 0 bridgehead atoms. The van der Waals surface area contributed by atoms with Crippen molar-refractivity contribution in [1.29, 1.82) is 0 Å². The summed E-state index contributed by atoms with van der Waals surface area (Å²) in [6.45, 7) is 0. The van der Waals surface area contributed by atoms with Crippen LogP contribution in [0.1, 0.15) is 0 Å². The molecule has 10 rings (SSSR count). The Morgan fingerprint density at radius 3 is 1.44 bits per heavy atom. The zero-order valence-corrected chi connectivity index (χ0v) is 25.8. The van der Waals surface area contributed by atoms with E-state index in [1.54, 1.807) is 80.6 Å². The minimum Gasteiger partial charge on any atom is -0.264 e. The molecule has 0 saturated heterocycles. The number of nitrogens with zero attached hydrogens (tertiary/aromatic N) is 15. The highest BCUT2D eigenvalue weighted by molar-refractivity contribution is 5.81. The van der Waals surface area contributed by atoms with E-state index in [1.165, 1.54) is 6.33 Å². The largest absolute Gasteiger partial charge is 0.264 e. The van der Waals surface area contributed by atoms with Crippen LogP contribution in [-0.2, 0) is 0 Å². The molecule has 0 fully saturated rings. The van der Waals surface area contributed by atoms with Crippen LogP contribution in [0, 0.1) is 0 Å². The van der Waals surface area contributed by atoms with Crippen molar-refractivity contribution in [2.75, 3.05) is 0 Å². The molecule has 0 radical (unpaired) electrons. The van der Waals surface area contributed by atoms with Crippen LogP contribution < -0.4 is 0 Å². The fourth-order valence-electron chi connectivity index (χ4n) is 4.74. The molecule has 0 aliphatic carbocycles. The molecule has 0 aliphatic heterocycles. The van der Waals surface area contributed by atoms with Crippen LogP contribution in [0.2, 0.25) is 0 Å². The van der Waals surface area contributed by atoms with Gasteiger partial charge in [-0.3, -0.25) is 24.9 Å². The first kappa shape index (κ1) is 29.8. The van der Waals surface area contributed by atoms with E-state index in [2.05, 4.69) is 74.8 Å². The summed E-state index contributed by atoms with van der Waals surface area (Å²) < 4.78 is 0. The molecule has 236 valence electrons. The smallest absolute Gasteiger partial charge is 0.198 e. The van der Waals surface area contributed by atoms with E-state index >= 15 is 0 Å². The summed E-state index contributed by atoms with van der Waals surface area (Å²) in [7, 11) is 0. The lowest BCUT2D eigenvalue weighted by molar-refractivity contribution is 1.11. The SMILES string of the molecule is c1cc2nc(-c3ncc4ccncc4n3)ncc2cn1.c1cnc2cnc(-c3ncc4cnccc4n3)nc2c1.c1cnc2cncnc2c1. The molecular weight excluding hydrogens is 630 g/mol. The van der Waals surface area contributed by atoms with Gasteiger partial charge in [-0.2, -0.15) is 0 Å². The van der Waals surface area contributed by atoms with Gasteiger partial charge in [-0.15, -0.1) is 0 Å². The average molecular weight is 652 g/mol. The Kier molecular flexibility index (Phi) is 8.15. The van der Waals surface area contributed by atoms with Gasteiger partial charge in [0.1, 0.15) is 17.4 Å². The zero-order chi connectivity index (χ0) is 33.5. The third kappa shape index (κ3) is 6.50. The fraction of sp³-hybridized carbons (Fsp3) is 0. The van der Waals surface area contributed by atoms with Crippen LogP contribution in [0.5, 0.6) is 0 Å². The third-order valence-electron chi connectivity index (χ3n) is 7.17. The molecule has 0 aliphatic rings. The van der Waals surface area contributed by atoms with Gasteiger partial charge in [0.2, 0.25) is 0 Å². The quantitative estimate of drug-likeness (QED) is 0.240. The standard InChI is InChI=1S/2C14H8N6.C7H5N3/c1-3-16-8-12-9(1)6-17-14(20-12)13-18-7-10-5-15-4-2-11(10)19-13;1-2-11-12(16-4-1)8-18-14(20-11)13-17-7-9-6-15-5-3-10(9)19-13;1-2-6-7(9-3-1)4-8-5-10-6/h2*1-8H;1-5H. The van der Waals surface area contributed by atoms with Gasteiger partial charge in [0.25, 0.3) is 0 Å². The Labute approximate surface area is 281 Å². The van der Waals surface area contributed by atoms with Gasteiger partial charge < -0.3 is 0 Å². The molecule has 0 saturated carbocycles. The molecule has 0 amide bonds. The van der Waals surface area contributed by atoms with E-state index in [-0.39, 0.29) is 0 Å². The van der Waals surface area contributed by atoms with Crippen molar-refractivity contribution >= 4 is 54.8 Å². The van der Waals surface area contributed by atoms with Gasteiger partial charge >= 0.3 is 0 Å². The van der Waals surface area contributed by atoms with Crippen molar-refractivity contribution in [3.8, 4) is 23.3 Å². The summed E-state index contributed by atoms with van der Waals surface area (Å²) in [5.41, 5.74) is 5.66. The predicted octanol–water partition coefficient (Wildman–Crippen LogP) is 5.08. The van der Waals surface area contributed by atoms with Gasteiger partial charge in [-0.05, 0) is 42.5 Å². The highest BCUT2D eigenvalue weighted by Crippen LogP contribution is 2.18. The Hall–Kier alpha value is -7.55. The third-order valence-corrected chi connectivity index (χ3v) is 7.17. The van der Waals surface area contributed by atoms with Crippen molar-refractivity contribution in [2.24, 2.45) is 0 Å². The maximum atomic E-state index is 4.46. The van der Waals surface area contributed by atoms with Crippen molar-refractivity contribution < 1.29 is 0 Å². The van der Waals surface area contributed by atoms with E-state index in [0.717, 1.165) is 54.8 Å². The lowest BCUT2D eigenvalue weighted by Gasteiger charge is -2.02. The van der Waals surface area contributed by atoms with Crippen LogP contribution in [-0.4, -0.2) is 74.8 Å². The Morgan fingerprint density at radius 2 is 0.780 bits per heavy atom. The number of rotatable bonds is 2. The first-order valence-corrected chi connectivity index (χ1v) is 15.1. The molecule has 10 aromatic rings. The molecule has 15 heteroatoms. The lowest BCUT2D eigenvalue weighted by atomic mass is 10.3. The summed E-state index contributed by atoms with van der Waals surface area (Å²) in [4.78, 5) is 63.2. The average Bonchev–Trinajstić information content (AvgIpc) is 3.20. The molecule has 0 aromatic carbocycles. The lowest BCUT2D eigenvalue weighted by Crippen LogP contribution is -1.96. The number of hydrogen-bond donors (Lipinski definition) is 0. The topological polar surface area (TPSA) is 193 Å². The number of hydrogen-bond acceptors (Lipinski definition) is 15. The predicted molar refractivity (Wildman–Crippen MR) is 185 cm³/mol. The van der Waals surface area contributed by atoms with Crippen LogP contribution in [0.3, 0.4) is 0 Å². The second-order valence-corrected chi connectivity index (χ2v) is 10.4. The van der Waals surface area contributed by atoms with Crippen molar-refractivity contribution in [3.05, 3.63) is 129 Å². The Morgan fingerprint density at radius 1 is 0.280 bits per heavy atom. The fourth-order valence-corrected chi connectivity index (χ4v) is 4.74. The van der Waals surface area contributed by atoms with Gasteiger partial charge in [-0.25, -0.2) is 49.8 Å². The first-order valence-electron chi connectivity index (χ1n) is 15.1. The minimum absolute atomic E-state index is 0.490. The second kappa shape index (κ2) is 13.7. The van der Waals surface area contributed by atoms with Gasteiger partial charge in [0.15, 0.2) is 23.3 Å². The Bertz CT molecular complexity index is 2390. The van der Waals surface area contributed by atoms with Crippen LogP contribution >= 0.6 is 0 Å². The normalized spacial score (nSPS) is 10.8. The van der Waals surface area contributed by atoms with Crippen molar-refractivity contribution in [3.63, 3.8) is 0 Å². The molecule has 50 heavy (non-hydrogen) atoms. The summed E-state index contributed by atoms with van der Waals surface area (Å²) >= 11 is 0. The molecule has 0 unspecified atom stereocenters. The number of aromatic nitrogens is 15. The molecule has 0 atom stereocenters. The first-order chi connectivity index (χ1) is 24.8. The molecule has 0 N–H and O–H groups in total. The highest BCUT2D eigenvalue weighted by Gasteiger charge is 2.09. The van der Waals surface area contributed by atoms with E-state index in [0.29, 0.717) is 23.3 Å².